The molecule has 15 heavy (non-hydrogen) atoms. The number of phenolic OH excluding ortho intramolecular Hbond substituents is 1. The van der Waals surface area contributed by atoms with Gasteiger partial charge in [-0.3, -0.25) is 9.59 Å². The van der Waals surface area contributed by atoms with Crippen molar-refractivity contribution in [1.82, 2.24) is 5.32 Å². The van der Waals surface area contributed by atoms with Gasteiger partial charge in [-0.2, -0.15) is 0 Å². The third kappa shape index (κ3) is 2.70. The van der Waals surface area contributed by atoms with E-state index < -0.39 is 11.8 Å². The fraction of sp³-hybridized carbons (Fsp3) is 0.200. The summed E-state index contributed by atoms with van der Waals surface area (Å²) < 4.78 is 0. The van der Waals surface area contributed by atoms with E-state index in [1.807, 2.05) is 6.92 Å². The Hall–Kier alpha value is -2.04. The van der Waals surface area contributed by atoms with E-state index in [2.05, 4.69) is 10.6 Å². The van der Waals surface area contributed by atoms with Crippen LogP contribution in [-0.4, -0.2) is 24.0 Å². The molecule has 0 aromatic heterocycles. The molecule has 1 rings (SSSR count). The molecule has 2 amide bonds. The average molecular weight is 208 g/mol. The first kappa shape index (κ1) is 11.0. The van der Waals surface area contributed by atoms with Crippen LogP contribution in [-0.2, 0) is 9.59 Å². The molecule has 0 spiro atoms. The van der Waals surface area contributed by atoms with E-state index in [-0.39, 0.29) is 11.4 Å². The molecule has 1 aromatic rings. The van der Waals surface area contributed by atoms with Gasteiger partial charge < -0.3 is 15.7 Å². The molecule has 0 fully saturated rings. The molecule has 0 aliphatic heterocycles. The van der Waals surface area contributed by atoms with Gasteiger partial charge in [0.2, 0.25) is 0 Å². The quantitative estimate of drug-likeness (QED) is 0.461. The van der Waals surface area contributed by atoms with Gasteiger partial charge in [0.15, 0.2) is 0 Å². The second kappa shape index (κ2) is 4.45. The highest BCUT2D eigenvalue weighted by molar-refractivity contribution is 6.39. The minimum absolute atomic E-state index is 0.0627. The highest BCUT2D eigenvalue weighted by Crippen LogP contribution is 2.23. The van der Waals surface area contributed by atoms with Gasteiger partial charge in [-0.1, -0.05) is 6.07 Å². The Kier molecular flexibility index (Phi) is 3.28. The first-order chi connectivity index (χ1) is 7.04. The molecule has 0 aliphatic rings. The van der Waals surface area contributed by atoms with E-state index in [0.29, 0.717) is 0 Å². The molecule has 1 aromatic carbocycles. The number of benzene rings is 1. The number of carbonyl (C=O) groups is 2. The standard InChI is InChI=1S/C10H12N2O3/c1-6-3-4-7(8(13)5-6)12-10(15)9(14)11-2/h3-5,13H,1-2H3,(H,11,14)(H,12,15). The van der Waals surface area contributed by atoms with Crippen molar-refractivity contribution in [3.63, 3.8) is 0 Å². The van der Waals surface area contributed by atoms with Gasteiger partial charge in [0, 0.05) is 7.05 Å². The Morgan fingerprint density at radius 1 is 1.27 bits per heavy atom. The number of nitrogens with one attached hydrogen (secondary N) is 2. The topological polar surface area (TPSA) is 78.4 Å². The Balaban J connectivity index is 2.81. The Labute approximate surface area is 87.1 Å². The van der Waals surface area contributed by atoms with Crippen molar-refractivity contribution in [3.8, 4) is 5.75 Å². The van der Waals surface area contributed by atoms with Crippen molar-refractivity contribution >= 4 is 17.5 Å². The highest BCUT2D eigenvalue weighted by Gasteiger charge is 2.12. The lowest BCUT2D eigenvalue weighted by molar-refractivity contribution is -0.135. The molecule has 0 atom stereocenters. The summed E-state index contributed by atoms with van der Waals surface area (Å²) in [5.74, 6) is -1.63. The zero-order valence-corrected chi connectivity index (χ0v) is 8.50. The summed E-state index contributed by atoms with van der Waals surface area (Å²) in [6, 6.07) is 4.75. The van der Waals surface area contributed by atoms with E-state index in [4.69, 9.17) is 0 Å². The highest BCUT2D eigenvalue weighted by atomic mass is 16.3. The summed E-state index contributed by atoms with van der Waals surface area (Å²) >= 11 is 0. The van der Waals surface area contributed by atoms with Gasteiger partial charge in [0.1, 0.15) is 5.75 Å². The first-order valence-electron chi connectivity index (χ1n) is 4.37. The van der Waals surface area contributed by atoms with Crippen LogP contribution in [0.1, 0.15) is 5.56 Å². The number of hydrogen-bond acceptors (Lipinski definition) is 3. The number of phenols is 1. The predicted octanol–water partition coefficient (Wildman–Crippen LogP) is 0.385. The van der Waals surface area contributed by atoms with Crippen molar-refractivity contribution in [2.75, 3.05) is 12.4 Å². The van der Waals surface area contributed by atoms with Crippen LogP contribution in [0.5, 0.6) is 5.75 Å². The molecule has 0 heterocycles. The summed E-state index contributed by atoms with van der Waals surface area (Å²) in [5.41, 5.74) is 1.08. The number of likely N-dealkylation sites (N-methyl/N-ethyl adjacent to an activating group) is 1. The Morgan fingerprint density at radius 2 is 1.93 bits per heavy atom. The first-order valence-corrected chi connectivity index (χ1v) is 4.37. The van der Waals surface area contributed by atoms with Gasteiger partial charge in [0.25, 0.3) is 0 Å². The van der Waals surface area contributed by atoms with Crippen molar-refractivity contribution in [1.29, 1.82) is 0 Å². The third-order valence-corrected chi connectivity index (χ3v) is 1.83. The van der Waals surface area contributed by atoms with Crippen LogP contribution >= 0.6 is 0 Å². The molecule has 0 bridgehead atoms. The lowest BCUT2D eigenvalue weighted by Gasteiger charge is -2.06. The number of aromatic hydroxyl groups is 1. The van der Waals surface area contributed by atoms with Crippen LogP contribution in [0, 0.1) is 6.92 Å². The minimum Gasteiger partial charge on any atom is -0.506 e. The molecular formula is C10H12N2O3. The number of aryl methyl sites for hydroxylation is 1. The van der Waals surface area contributed by atoms with Crippen LogP contribution in [0.4, 0.5) is 5.69 Å². The summed E-state index contributed by atoms with van der Waals surface area (Å²) in [7, 11) is 1.36. The number of rotatable bonds is 1. The maximum Gasteiger partial charge on any atom is 0.313 e. The smallest absolute Gasteiger partial charge is 0.313 e. The number of anilines is 1. The summed E-state index contributed by atoms with van der Waals surface area (Å²) in [6.45, 7) is 1.81. The maximum atomic E-state index is 11.1. The molecule has 0 saturated heterocycles. The summed E-state index contributed by atoms with van der Waals surface area (Å²) in [4.78, 5) is 22.0. The van der Waals surface area contributed by atoms with Crippen LogP contribution in [0.15, 0.2) is 18.2 Å². The fourth-order valence-electron chi connectivity index (χ4n) is 1.04. The molecule has 0 aliphatic carbocycles. The van der Waals surface area contributed by atoms with Crippen molar-refractivity contribution < 1.29 is 14.7 Å². The van der Waals surface area contributed by atoms with Gasteiger partial charge in [-0.25, -0.2) is 0 Å². The Bertz CT molecular complexity index is 402. The molecule has 3 N–H and O–H groups in total. The van der Waals surface area contributed by atoms with Crippen LogP contribution in [0.25, 0.3) is 0 Å². The molecule has 5 heteroatoms. The second-order valence-corrected chi connectivity index (χ2v) is 3.05. The molecule has 0 radical (unpaired) electrons. The molecule has 0 saturated carbocycles. The summed E-state index contributed by atoms with van der Waals surface area (Å²) in [5, 5.41) is 13.9. The number of carbonyl (C=O) groups excluding carboxylic acids is 2. The SMILES string of the molecule is CNC(=O)C(=O)Nc1ccc(C)cc1O. The zero-order chi connectivity index (χ0) is 11.4. The zero-order valence-electron chi connectivity index (χ0n) is 8.50. The largest absolute Gasteiger partial charge is 0.506 e. The van der Waals surface area contributed by atoms with Crippen molar-refractivity contribution in [3.05, 3.63) is 23.8 Å². The van der Waals surface area contributed by atoms with E-state index in [0.717, 1.165) is 5.56 Å². The van der Waals surface area contributed by atoms with Gasteiger partial charge >= 0.3 is 11.8 Å². The molecule has 0 unspecified atom stereocenters. The van der Waals surface area contributed by atoms with E-state index in [1.54, 1.807) is 6.07 Å². The van der Waals surface area contributed by atoms with Gasteiger partial charge in [0.05, 0.1) is 5.69 Å². The maximum absolute atomic E-state index is 11.1. The molecule has 80 valence electrons. The molecule has 5 nitrogen and oxygen atoms in total. The van der Waals surface area contributed by atoms with E-state index in [9.17, 15) is 14.7 Å². The lowest BCUT2D eigenvalue weighted by atomic mass is 10.2. The monoisotopic (exact) mass is 208 g/mol. The predicted molar refractivity (Wildman–Crippen MR) is 55.5 cm³/mol. The fourth-order valence-corrected chi connectivity index (χ4v) is 1.04. The minimum atomic E-state index is -0.809. The normalized spacial score (nSPS) is 9.47. The third-order valence-electron chi connectivity index (χ3n) is 1.83. The lowest BCUT2D eigenvalue weighted by Crippen LogP contribution is -2.32. The second-order valence-electron chi connectivity index (χ2n) is 3.05. The van der Waals surface area contributed by atoms with E-state index in [1.165, 1.54) is 19.2 Å². The average Bonchev–Trinajstić information content (AvgIpc) is 2.20. The van der Waals surface area contributed by atoms with E-state index >= 15 is 0 Å². The van der Waals surface area contributed by atoms with Crippen molar-refractivity contribution in [2.45, 2.75) is 6.92 Å². The number of hydrogen-bond donors (Lipinski definition) is 3. The van der Waals surface area contributed by atoms with Gasteiger partial charge in [-0.15, -0.1) is 0 Å². The van der Waals surface area contributed by atoms with Crippen LogP contribution in [0.3, 0.4) is 0 Å². The summed E-state index contributed by atoms with van der Waals surface area (Å²) in [6.07, 6.45) is 0. The van der Waals surface area contributed by atoms with Gasteiger partial charge in [-0.05, 0) is 24.6 Å². The molecular weight excluding hydrogens is 196 g/mol. The number of amides is 2. The van der Waals surface area contributed by atoms with Crippen molar-refractivity contribution in [2.24, 2.45) is 0 Å². The van der Waals surface area contributed by atoms with Crippen LogP contribution < -0.4 is 10.6 Å². The Morgan fingerprint density at radius 3 is 2.47 bits per heavy atom. The van der Waals surface area contributed by atoms with Crippen LogP contribution in [0.2, 0.25) is 0 Å².